The Labute approximate surface area is 154 Å². The van der Waals surface area contributed by atoms with Crippen LogP contribution in [0.2, 0.25) is 0 Å². The lowest BCUT2D eigenvalue weighted by Gasteiger charge is -2.27. The Morgan fingerprint density at radius 1 is 1.35 bits per heavy atom. The summed E-state index contributed by atoms with van der Waals surface area (Å²) < 4.78 is 5.29. The molecule has 140 valence electrons. The molecular weight excluding hydrogens is 330 g/mol. The molecule has 1 aromatic rings. The first-order chi connectivity index (χ1) is 12.5. The van der Waals surface area contributed by atoms with Gasteiger partial charge in [-0.1, -0.05) is 23.4 Å². The van der Waals surface area contributed by atoms with E-state index in [4.69, 9.17) is 15.7 Å². The smallest absolute Gasteiger partial charge is 0.313 e. The van der Waals surface area contributed by atoms with E-state index in [0.29, 0.717) is 6.61 Å². The molecule has 1 unspecified atom stereocenters. The highest BCUT2D eigenvalue weighted by atomic mass is 16.5. The van der Waals surface area contributed by atoms with Gasteiger partial charge in [0.1, 0.15) is 0 Å². The molecule has 1 aliphatic heterocycles. The predicted molar refractivity (Wildman–Crippen MR) is 98.3 cm³/mol. The summed E-state index contributed by atoms with van der Waals surface area (Å²) in [7, 11) is 0. The number of carbonyl (C=O) groups excluding carboxylic acids is 1. The first-order valence-electron chi connectivity index (χ1n) is 9.53. The summed E-state index contributed by atoms with van der Waals surface area (Å²) in [6.45, 7) is 5.11. The standard InChI is InChI=1S/C20H27N3O3/c1-2-26-18(24)20(8-9-20)13-23-11-10-19(12-23)7-6-14-15(17(21)22-25)4-3-5-16(14)19/h3-5,25H,2,6-13H2,1H3,(H2,21,22). The van der Waals surface area contributed by atoms with Crippen LogP contribution < -0.4 is 5.73 Å². The van der Waals surface area contributed by atoms with Gasteiger partial charge in [-0.05, 0) is 56.7 Å². The number of esters is 1. The van der Waals surface area contributed by atoms with E-state index in [-0.39, 0.29) is 22.6 Å². The Hall–Kier alpha value is -2.08. The van der Waals surface area contributed by atoms with Crippen LogP contribution >= 0.6 is 0 Å². The van der Waals surface area contributed by atoms with Gasteiger partial charge in [0.25, 0.3) is 0 Å². The molecule has 1 aromatic carbocycles. The van der Waals surface area contributed by atoms with Gasteiger partial charge in [0.05, 0.1) is 12.0 Å². The minimum atomic E-state index is -0.265. The Bertz CT molecular complexity index is 757. The zero-order chi connectivity index (χ0) is 18.4. The molecular formula is C20H27N3O3. The Balaban J connectivity index is 1.53. The molecule has 0 radical (unpaired) electrons. The molecule has 2 fully saturated rings. The third-order valence-corrected chi connectivity index (χ3v) is 6.51. The maximum atomic E-state index is 12.3. The first-order valence-corrected chi connectivity index (χ1v) is 9.53. The van der Waals surface area contributed by atoms with Crippen molar-refractivity contribution in [3.8, 4) is 0 Å². The molecule has 1 saturated carbocycles. The van der Waals surface area contributed by atoms with Crippen molar-refractivity contribution < 1.29 is 14.7 Å². The highest BCUT2D eigenvalue weighted by Crippen LogP contribution is 2.51. The van der Waals surface area contributed by atoms with Gasteiger partial charge in [0.15, 0.2) is 5.84 Å². The highest BCUT2D eigenvalue weighted by Gasteiger charge is 2.54. The average Bonchev–Trinajstić information content (AvgIpc) is 3.19. The van der Waals surface area contributed by atoms with Crippen molar-refractivity contribution in [2.45, 2.75) is 44.4 Å². The molecule has 3 N–H and O–H groups in total. The number of ether oxygens (including phenoxy) is 1. The number of amidine groups is 1. The van der Waals surface area contributed by atoms with Crippen molar-refractivity contribution in [2.24, 2.45) is 16.3 Å². The fourth-order valence-electron chi connectivity index (χ4n) is 4.95. The normalized spacial score (nSPS) is 26.9. The molecule has 4 rings (SSSR count). The second kappa shape index (κ2) is 6.27. The number of hydrogen-bond acceptors (Lipinski definition) is 5. The van der Waals surface area contributed by atoms with E-state index < -0.39 is 0 Å². The molecule has 0 aromatic heterocycles. The van der Waals surface area contributed by atoms with E-state index in [2.05, 4.69) is 16.1 Å². The molecule has 0 bridgehead atoms. The van der Waals surface area contributed by atoms with E-state index >= 15 is 0 Å². The summed E-state index contributed by atoms with van der Waals surface area (Å²) in [5.74, 6) is 0.162. The van der Waals surface area contributed by atoms with Crippen LogP contribution in [0.25, 0.3) is 0 Å². The molecule has 6 nitrogen and oxygen atoms in total. The molecule has 1 heterocycles. The molecule has 2 aliphatic carbocycles. The molecule has 1 atom stereocenters. The Morgan fingerprint density at radius 2 is 2.15 bits per heavy atom. The summed E-state index contributed by atoms with van der Waals surface area (Å²) in [5, 5.41) is 12.3. The molecule has 6 heteroatoms. The average molecular weight is 357 g/mol. The van der Waals surface area contributed by atoms with E-state index in [1.165, 1.54) is 11.1 Å². The van der Waals surface area contributed by atoms with Crippen LogP contribution in [0.4, 0.5) is 0 Å². The SMILES string of the molecule is CCOC(=O)C1(CN2CCC3(CCc4c(/C(N)=N/O)cccc43)C2)CC1. The Morgan fingerprint density at radius 3 is 2.85 bits per heavy atom. The lowest BCUT2D eigenvalue weighted by atomic mass is 9.81. The number of nitrogens with two attached hydrogens (primary N) is 1. The van der Waals surface area contributed by atoms with Gasteiger partial charge in [-0.15, -0.1) is 0 Å². The summed E-state index contributed by atoms with van der Waals surface area (Å²) >= 11 is 0. The van der Waals surface area contributed by atoms with Gasteiger partial charge in [0.2, 0.25) is 0 Å². The van der Waals surface area contributed by atoms with E-state index in [0.717, 1.165) is 57.3 Å². The molecule has 1 saturated heterocycles. The van der Waals surface area contributed by atoms with E-state index in [1.54, 1.807) is 0 Å². The van der Waals surface area contributed by atoms with Gasteiger partial charge in [-0.3, -0.25) is 4.79 Å². The van der Waals surface area contributed by atoms with Gasteiger partial charge in [-0.2, -0.15) is 0 Å². The number of oxime groups is 1. The van der Waals surface area contributed by atoms with Gasteiger partial charge >= 0.3 is 5.97 Å². The number of carbonyl (C=O) groups is 1. The number of nitrogens with zero attached hydrogens (tertiary/aromatic N) is 2. The molecule has 26 heavy (non-hydrogen) atoms. The number of hydrogen-bond donors (Lipinski definition) is 2. The van der Waals surface area contributed by atoms with E-state index in [9.17, 15) is 4.79 Å². The third kappa shape index (κ3) is 2.67. The zero-order valence-electron chi connectivity index (χ0n) is 15.3. The summed E-state index contributed by atoms with van der Waals surface area (Å²) in [6, 6.07) is 6.13. The van der Waals surface area contributed by atoms with Crippen LogP contribution in [-0.2, 0) is 21.4 Å². The Kier molecular flexibility index (Phi) is 4.18. The monoisotopic (exact) mass is 357 g/mol. The number of fused-ring (bicyclic) bond motifs is 2. The van der Waals surface area contributed by atoms with Gasteiger partial charge < -0.3 is 20.6 Å². The maximum Gasteiger partial charge on any atom is 0.313 e. The largest absolute Gasteiger partial charge is 0.466 e. The van der Waals surface area contributed by atoms with Crippen LogP contribution in [0.5, 0.6) is 0 Å². The fourth-order valence-corrected chi connectivity index (χ4v) is 4.95. The van der Waals surface area contributed by atoms with Crippen molar-refractivity contribution >= 4 is 11.8 Å². The highest BCUT2D eigenvalue weighted by molar-refractivity contribution is 5.99. The second-order valence-electron chi connectivity index (χ2n) is 8.06. The number of rotatable bonds is 5. The van der Waals surface area contributed by atoms with Crippen molar-refractivity contribution in [1.82, 2.24) is 4.90 Å². The van der Waals surface area contributed by atoms with Crippen LogP contribution in [-0.4, -0.2) is 48.2 Å². The third-order valence-electron chi connectivity index (χ3n) is 6.51. The molecule has 1 spiro atoms. The van der Waals surface area contributed by atoms with Crippen molar-refractivity contribution in [2.75, 3.05) is 26.2 Å². The van der Waals surface area contributed by atoms with Crippen LogP contribution in [0, 0.1) is 5.41 Å². The van der Waals surface area contributed by atoms with Crippen LogP contribution in [0.1, 0.15) is 49.3 Å². The van der Waals surface area contributed by atoms with Gasteiger partial charge in [0, 0.05) is 24.1 Å². The minimum Gasteiger partial charge on any atom is -0.466 e. The second-order valence-corrected chi connectivity index (χ2v) is 8.06. The van der Waals surface area contributed by atoms with Crippen LogP contribution in [0.15, 0.2) is 23.4 Å². The van der Waals surface area contributed by atoms with Gasteiger partial charge in [-0.25, -0.2) is 0 Å². The fraction of sp³-hybridized carbons (Fsp3) is 0.600. The predicted octanol–water partition coefficient (Wildman–Crippen LogP) is 2.01. The summed E-state index contributed by atoms with van der Waals surface area (Å²) in [4.78, 5) is 14.7. The minimum absolute atomic E-state index is 0.0259. The summed E-state index contributed by atoms with van der Waals surface area (Å²) in [6.07, 6.45) is 5.03. The van der Waals surface area contributed by atoms with Crippen molar-refractivity contribution in [1.29, 1.82) is 0 Å². The maximum absolute atomic E-state index is 12.3. The van der Waals surface area contributed by atoms with E-state index in [1.807, 2.05) is 19.1 Å². The van der Waals surface area contributed by atoms with Crippen LogP contribution in [0.3, 0.4) is 0 Å². The first kappa shape index (κ1) is 17.3. The summed E-state index contributed by atoms with van der Waals surface area (Å²) in [5.41, 5.74) is 9.15. The lowest BCUT2D eigenvalue weighted by Crippen LogP contribution is -2.36. The molecule has 0 amide bonds. The molecule has 3 aliphatic rings. The number of benzene rings is 1. The topological polar surface area (TPSA) is 88.2 Å². The quantitative estimate of drug-likeness (QED) is 0.277. The lowest BCUT2D eigenvalue weighted by molar-refractivity contribution is -0.150. The van der Waals surface area contributed by atoms with Crippen molar-refractivity contribution in [3.63, 3.8) is 0 Å². The number of likely N-dealkylation sites (tertiary alicyclic amines) is 1. The zero-order valence-corrected chi connectivity index (χ0v) is 15.3. The van der Waals surface area contributed by atoms with Crippen molar-refractivity contribution in [3.05, 3.63) is 34.9 Å².